The van der Waals surface area contributed by atoms with Crippen LogP contribution in [-0.4, -0.2) is 23.1 Å². The van der Waals surface area contributed by atoms with Crippen molar-refractivity contribution < 1.29 is 14.7 Å². The summed E-state index contributed by atoms with van der Waals surface area (Å²) in [6.45, 7) is 2.08. The maximum atomic E-state index is 12.1. The van der Waals surface area contributed by atoms with Crippen molar-refractivity contribution in [2.24, 2.45) is 5.92 Å². The summed E-state index contributed by atoms with van der Waals surface area (Å²) in [5.74, 6) is -0.484. The van der Waals surface area contributed by atoms with Crippen LogP contribution >= 0.6 is 11.3 Å². The van der Waals surface area contributed by atoms with E-state index in [2.05, 4.69) is 17.6 Å². The maximum absolute atomic E-state index is 12.1. The van der Waals surface area contributed by atoms with Gasteiger partial charge in [0.15, 0.2) is 0 Å². The number of carbonyl (C=O) groups excluding carboxylic acids is 1. The van der Waals surface area contributed by atoms with Gasteiger partial charge in [-0.05, 0) is 36.6 Å². The van der Waals surface area contributed by atoms with Crippen LogP contribution in [0.15, 0.2) is 11.4 Å². The van der Waals surface area contributed by atoms with Gasteiger partial charge in [-0.2, -0.15) is 0 Å². The highest BCUT2D eigenvalue weighted by Crippen LogP contribution is 2.28. The highest BCUT2D eigenvalue weighted by molar-refractivity contribution is 7.14. The minimum Gasteiger partial charge on any atom is -0.478 e. The lowest BCUT2D eigenvalue weighted by Gasteiger charge is -2.30. The van der Waals surface area contributed by atoms with Gasteiger partial charge in [0.05, 0.1) is 5.56 Å². The Morgan fingerprint density at radius 1 is 1.38 bits per heavy atom. The predicted octanol–water partition coefficient (Wildman–Crippen LogP) is 3.93. The number of carbonyl (C=O) groups is 2. The highest BCUT2D eigenvalue weighted by atomic mass is 32.1. The van der Waals surface area contributed by atoms with Crippen LogP contribution in [0.25, 0.3) is 0 Å². The van der Waals surface area contributed by atoms with E-state index in [-0.39, 0.29) is 17.6 Å². The zero-order valence-electron chi connectivity index (χ0n) is 12.2. The molecule has 0 aromatic carbocycles. The molecule has 6 heteroatoms. The second-order valence-electron chi connectivity index (χ2n) is 5.48. The summed E-state index contributed by atoms with van der Waals surface area (Å²) in [4.78, 5) is 23.1. The van der Waals surface area contributed by atoms with Crippen LogP contribution in [0.3, 0.4) is 0 Å². The first-order valence-corrected chi connectivity index (χ1v) is 8.38. The number of amides is 2. The molecule has 0 aliphatic heterocycles. The van der Waals surface area contributed by atoms with Crippen molar-refractivity contribution in [1.82, 2.24) is 5.32 Å². The molecule has 1 heterocycles. The van der Waals surface area contributed by atoms with Gasteiger partial charge < -0.3 is 10.4 Å². The summed E-state index contributed by atoms with van der Waals surface area (Å²) < 4.78 is 0. The molecule has 1 aliphatic rings. The molecular formula is C15H22N2O3S. The quantitative estimate of drug-likeness (QED) is 0.771. The first-order valence-electron chi connectivity index (χ1n) is 7.50. The van der Waals surface area contributed by atoms with Gasteiger partial charge in [0.1, 0.15) is 5.00 Å². The van der Waals surface area contributed by atoms with Gasteiger partial charge in [0.2, 0.25) is 0 Å². The molecule has 5 nitrogen and oxygen atoms in total. The average Bonchev–Trinajstić information content (AvgIpc) is 2.94. The fraction of sp³-hybridized carbons (Fsp3) is 0.600. The topological polar surface area (TPSA) is 78.4 Å². The fourth-order valence-electron chi connectivity index (χ4n) is 2.97. The van der Waals surface area contributed by atoms with Gasteiger partial charge in [-0.3, -0.25) is 5.32 Å². The van der Waals surface area contributed by atoms with E-state index < -0.39 is 5.97 Å². The highest BCUT2D eigenvalue weighted by Gasteiger charge is 2.24. The number of hydrogen-bond donors (Lipinski definition) is 3. The van der Waals surface area contributed by atoms with Crippen molar-refractivity contribution in [2.75, 3.05) is 5.32 Å². The Bertz CT molecular complexity index is 495. The van der Waals surface area contributed by atoms with Crippen molar-refractivity contribution in [3.8, 4) is 0 Å². The SMILES string of the molecule is CCC(NC(=O)Nc1sccc1C(=O)O)C1CCCCC1. The van der Waals surface area contributed by atoms with E-state index in [1.165, 1.54) is 36.7 Å². The second-order valence-corrected chi connectivity index (χ2v) is 6.40. The standard InChI is InChI=1S/C15H22N2O3S/c1-2-12(10-6-4-3-5-7-10)16-15(20)17-13-11(14(18)19)8-9-21-13/h8-10,12H,2-7H2,1H3,(H,18,19)(H2,16,17,20). The lowest BCUT2D eigenvalue weighted by atomic mass is 9.83. The molecular weight excluding hydrogens is 288 g/mol. The average molecular weight is 310 g/mol. The van der Waals surface area contributed by atoms with E-state index in [9.17, 15) is 9.59 Å². The van der Waals surface area contributed by atoms with E-state index in [0.717, 1.165) is 19.3 Å². The number of anilines is 1. The number of thiophene rings is 1. The molecule has 2 rings (SSSR count). The van der Waals surface area contributed by atoms with Crippen LogP contribution in [0.1, 0.15) is 55.8 Å². The van der Waals surface area contributed by atoms with Gasteiger partial charge in [-0.25, -0.2) is 9.59 Å². The first kappa shape index (κ1) is 15.8. The normalized spacial score (nSPS) is 17.2. The van der Waals surface area contributed by atoms with E-state index in [4.69, 9.17) is 5.11 Å². The van der Waals surface area contributed by atoms with Crippen molar-refractivity contribution >= 4 is 28.3 Å². The summed E-state index contributed by atoms with van der Waals surface area (Å²) >= 11 is 1.22. The second kappa shape index (κ2) is 7.45. The smallest absolute Gasteiger partial charge is 0.338 e. The van der Waals surface area contributed by atoms with Gasteiger partial charge in [0, 0.05) is 6.04 Å². The third kappa shape index (κ3) is 4.20. The molecule has 1 atom stereocenters. The zero-order valence-corrected chi connectivity index (χ0v) is 13.0. The fourth-order valence-corrected chi connectivity index (χ4v) is 3.75. The summed E-state index contributed by atoms with van der Waals surface area (Å²) in [5, 5.41) is 16.8. The van der Waals surface area contributed by atoms with E-state index in [1.54, 1.807) is 5.38 Å². The third-order valence-electron chi connectivity index (χ3n) is 4.10. The Labute approximate surface area is 128 Å². The Kier molecular flexibility index (Phi) is 5.61. The Morgan fingerprint density at radius 3 is 2.71 bits per heavy atom. The molecule has 3 N–H and O–H groups in total. The van der Waals surface area contributed by atoms with E-state index in [1.807, 2.05) is 0 Å². The minimum absolute atomic E-state index is 0.140. The lowest BCUT2D eigenvalue weighted by molar-refractivity contribution is 0.0698. The van der Waals surface area contributed by atoms with Crippen molar-refractivity contribution in [2.45, 2.75) is 51.5 Å². The summed E-state index contributed by atoms with van der Waals surface area (Å²) in [5.41, 5.74) is 0.140. The molecule has 0 radical (unpaired) electrons. The molecule has 1 saturated carbocycles. The minimum atomic E-state index is -1.02. The van der Waals surface area contributed by atoms with Gasteiger partial charge in [0.25, 0.3) is 0 Å². The van der Waals surface area contributed by atoms with Gasteiger partial charge in [-0.1, -0.05) is 26.2 Å². The molecule has 1 unspecified atom stereocenters. The van der Waals surface area contributed by atoms with Crippen LogP contribution in [0.4, 0.5) is 9.80 Å². The molecule has 1 aliphatic carbocycles. The predicted molar refractivity (Wildman–Crippen MR) is 84.1 cm³/mol. The molecule has 0 bridgehead atoms. The molecule has 0 saturated heterocycles. The van der Waals surface area contributed by atoms with Gasteiger partial charge in [-0.15, -0.1) is 11.3 Å². The Hall–Kier alpha value is -1.56. The van der Waals surface area contributed by atoms with Crippen molar-refractivity contribution in [3.05, 3.63) is 17.0 Å². The van der Waals surface area contributed by atoms with Crippen molar-refractivity contribution in [1.29, 1.82) is 0 Å². The number of nitrogens with one attached hydrogen (secondary N) is 2. The third-order valence-corrected chi connectivity index (χ3v) is 4.93. The van der Waals surface area contributed by atoms with E-state index in [0.29, 0.717) is 10.9 Å². The first-order chi connectivity index (χ1) is 10.1. The van der Waals surface area contributed by atoms with Gasteiger partial charge >= 0.3 is 12.0 Å². The van der Waals surface area contributed by atoms with Crippen LogP contribution in [0.2, 0.25) is 0 Å². The lowest BCUT2D eigenvalue weighted by Crippen LogP contribution is -2.42. The Balaban J connectivity index is 1.93. The maximum Gasteiger partial charge on any atom is 0.338 e. The number of carboxylic acid groups (broad SMARTS) is 1. The van der Waals surface area contributed by atoms with E-state index >= 15 is 0 Å². The Morgan fingerprint density at radius 2 is 2.10 bits per heavy atom. The molecule has 1 aromatic rings. The van der Waals surface area contributed by atoms with Crippen LogP contribution in [0.5, 0.6) is 0 Å². The number of carboxylic acids is 1. The van der Waals surface area contributed by atoms with Crippen LogP contribution in [-0.2, 0) is 0 Å². The molecule has 2 amide bonds. The molecule has 116 valence electrons. The summed E-state index contributed by atoms with van der Waals surface area (Å²) in [7, 11) is 0. The molecule has 1 aromatic heterocycles. The van der Waals surface area contributed by atoms with Crippen LogP contribution in [0, 0.1) is 5.92 Å². The number of hydrogen-bond acceptors (Lipinski definition) is 3. The largest absolute Gasteiger partial charge is 0.478 e. The zero-order chi connectivity index (χ0) is 15.2. The van der Waals surface area contributed by atoms with Crippen molar-refractivity contribution in [3.63, 3.8) is 0 Å². The molecule has 21 heavy (non-hydrogen) atoms. The number of aromatic carboxylic acids is 1. The molecule has 1 fully saturated rings. The number of urea groups is 1. The monoisotopic (exact) mass is 310 g/mol. The summed E-state index contributed by atoms with van der Waals surface area (Å²) in [6.07, 6.45) is 6.98. The summed E-state index contributed by atoms with van der Waals surface area (Å²) in [6, 6.07) is 1.36. The van der Waals surface area contributed by atoms with Crippen LogP contribution < -0.4 is 10.6 Å². The molecule has 0 spiro atoms. The number of rotatable bonds is 5.